The van der Waals surface area contributed by atoms with E-state index in [2.05, 4.69) is 73.6 Å². The molecule has 13 heteroatoms. The Bertz CT molecular complexity index is 1950. The largest absolute Gasteiger partial charge is 0.412 e. The molecule has 12 nitrogen and oxygen atoms in total. The van der Waals surface area contributed by atoms with Crippen LogP contribution in [0, 0.1) is 0 Å². The number of nitrogens with zero attached hydrogens (tertiary/aromatic N) is 4. The van der Waals surface area contributed by atoms with E-state index in [1.807, 2.05) is 105 Å². The van der Waals surface area contributed by atoms with Gasteiger partial charge in [-0.3, -0.25) is 41.0 Å². The van der Waals surface area contributed by atoms with Crippen molar-refractivity contribution in [1.82, 2.24) is 20.4 Å². The van der Waals surface area contributed by atoms with Crippen molar-refractivity contribution in [3.8, 4) is 0 Å². The molecule has 3 aromatic carbocycles. The summed E-state index contributed by atoms with van der Waals surface area (Å²) in [5, 5.41) is 7.53. The lowest BCUT2D eigenvalue weighted by Gasteiger charge is -2.27. The average molecular weight is 816 g/mol. The van der Waals surface area contributed by atoms with Crippen molar-refractivity contribution >= 4 is 59.7 Å². The van der Waals surface area contributed by atoms with E-state index < -0.39 is 6.89 Å². The number of nitrogens with one attached hydrogen (secondary N) is 1. The molecule has 0 saturated heterocycles. The molecular weight excluding hydrogens is 762 g/mol. The number of carbonyl (C=O) groups is 3. The molecule has 1 aliphatic rings. The molecule has 0 bridgehead atoms. The zero-order valence-corrected chi connectivity index (χ0v) is 34.2. The molecule has 1 unspecified atom stereocenters. The van der Waals surface area contributed by atoms with Gasteiger partial charge in [-0.05, 0) is 96.0 Å². The van der Waals surface area contributed by atoms with E-state index in [0.29, 0.717) is 11.6 Å². The van der Waals surface area contributed by atoms with Crippen LogP contribution < -0.4 is 33.0 Å². The zero-order valence-electron chi connectivity index (χ0n) is 33.4. The number of nitrogens with two attached hydrogens (primary N) is 2. The van der Waals surface area contributed by atoms with Gasteiger partial charge in [-0.15, -0.1) is 0 Å². The standard InChI is InChI=1S/C20H17OP.C8H9N3.C8H7NO.C6H5NO.C4H10O.H4N2.H2O/c21-16-17-22(18-10-4-1-5-11-18,19-12-6-2-7-13-19)20-14-8-3-9-15-20;1-4-9-5-2-7(1)8-3-6-10-11-8;10-7-1-2-8-3-5-9-6-4-8;8-5-6-1-3-7-4-2-6;1-3-5-4-2;1-2;/h1-17H;1-2,4-6,8,11H,3H2;1-7H;1-5H;3-4H2,1-2H3;1-2H2;1H2/b;;2-1+;;;;. The quantitative estimate of drug-likeness (QED) is 0.0534. The topological polar surface area (TPSA) is 207 Å². The van der Waals surface area contributed by atoms with Gasteiger partial charge in [0, 0.05) is 68.6 Å². The normalized spacial score (nSPS) is 11.8. The van der Waals surface area contributed by atoms with Crippen molar-refractivity contribution < 1.29 is 24.6 Å². The predicted octanol–water partition coefficient (Wildman–Crippen LogP) is 5.31. The minimum atomic E-state index is -2.05. The van der Waals surface area contributed by atoms with Gasteiger partial charge in [-0.25, -0.2) is 0 Å². The number of benzene rings is 3. The van der Waals surface area contributed by atoms with Crippen molar-refractivity contribution in [2.24, 2.45) is 16.8 Å². The molecule has 7 rings (SSSR count). The maximum atomic E-state index is 11.5. The second-order valence-electron chi connectivity index (χ2n) is 11.5. The van der Waals surface area contributed by atoms with Gasteiger partial charge in [-0.1, -0.05) is 97.1 Å². The highest BCUT2D eigenvalue weighted by molar-refractivity contribution is 7.95. The summed E-state index contributed by atoms with van der Waals surface area (Å²) in [6, 6.07) is 42.3. The van der Waals surface area contributed by atoms with Crippen molar-refractivity contribution in [1.29, 1.82) is 0 Å². The van der Waals surface area contributed by atoms with Crippen LogP contribution in [-0.2, 0) is 14.3 Å². The molecule has 6 aromatic rings. The molecule has 7 N–H and O–H groups in total. The number of rotatable bonds is 10. The molecule has 3 aromatic heterocycles. The Balaban J connectivity index is 0.000000399. The van der Waals surface area contributed by atoms with E-state index >= 15 is 0 Å². The van der Waals surface area contributed by atoms with Crippen LogP contribution in [0.2, 0.25) is 0 Å². The summed E-state index contributed by atoms with van der Waals surface area (Å²) in [6.45, 7) is 3.62. The first-order chi connectivity index (χ1) is 28.6. The van der Waals surface area contributed by atoms with E-state index in [-0.39, 0.29) is 5.48 Å². The van der Waals surface area contributed by atoms with Gasteiger partial charge >= 0.3 is 0 Å². The summed E-state index contributed by atoms with van der Waals surface area (Å²) in [7, 11) is 0. The molecule has 1 aliphatic heterocycles. The highest BCUT2D eigenvalue weighted by Gasteiger charge is 2.24. The monoisotopic (exact) mass is 815 g/mol. The lowest BCUT2D eigenvalue weighted by atomic mass is 10.1. The maximum absolute atomic E-state index is 11.5. The van der Waals surface area contributed by atoms with E-state index in [9.17, 15) is 14.4 Å². The van der Waals surface area contributed by atoms with Crippen LogP contribution in [0.25, 0.3) is 6.08 Å². The lowest BCUT2D eigenvalue weighted by molar-refractivity contribution is -0.104. The number of hydrogen-bond donors (Lipinski definition) is 3. The predicted molar refractivity (Wildman–Crippen MR) is 244 cm³/mol. The van der Waals surface area contributed by atoms with Crippen LogP contribution in [0.5, 0.6) is 0 Å². The third kappa shape index (κ3) is 18.5. The molecule has 0 radical (unpaired) electrons. The Morgan fingerprint density at radius 2 is 1.05 bits per heavy atom. The smallest absolute Gasteiger partial charge is 0.150 e. The number of aromatic nitrogens is 3. The molecule has 308 valence electrons. The molecule has 59 heavy (non-hydrogen) atoms. The summed E-state index contributed by atoms with van der Waals surface area (Å²) < 4.78 is 4.83. The van der Waals surface area contributed by atoms with Gasteiger partial charge in [0.2, 0.25) is 0 Å². The summed E-state index contributed by atoms with van der Waals surface area (Å²) >= 11 is 0. The Morgan fingerprint density at radius 1 is 0.627 bits per heavy atom. The van der Waals surface area contributed by atoms with Crippen LogP contribution in [0.15, 0.2) is 176 Å². The van der Waals surface area contributed by atoms with Gasteiger partial charge in [0.25, 0.3) is 0 Å². The zero-order chi connectivity index (χ0) is 41.9. The van der Waals surface area contributed by atoms with Crippen LogP contribution in [0.1, 0.15) is 47.8 Å². The van der Waals surface area contributed by atoms with Crippen LogP contribution in [0.4, 0.5) is 0 Å². The van der Waals surface area contributed by atoms with Crippen LogP contribution in [0.3, 0.4) is 0 Å². The van der Waals surface area contributed by atoms with Gasteiger partial charge in [0.1, 0.15) is 18.9 Å². The van der Waals surface area contributed by atoms with Gasteiger partial charge < -0.3 is 15.6 Å². The van der Waals surface area contributed by atoms with Gasteiger partial charge in [0.15, 0.2) is 0 Å². The summed E-state index contributed by atoms with van der Waals surface area (Å²) in [6.07, 6.45) is 18.7. The second-order valence-corrected chi connectivity index (χ2v) is 14.8. The summed E-state index contributed by atoms with van der Waals surface area (Å²) in [4.78, 5) is 42.9. The minimum absolute atomic E-state index is 0. The molecule has 0 aliphatic carbocycles. The summed E-state index contributed by atoms with van der Waals surface area (Å²) in [5.74, 6) is 9.85. The average Bonchev–Trinajstić information content (AvgIpc) is 3.87. The van der Waals surface area contributed by atoms with Crippen LogP contribution >= 0.6 is 6.89 Å². The van der Waals surface area contributed by atoms with Crippen molar-refractivity contribution in [3.63, 3.8) is 0 Å². The molecule has 0 spiro atoms. The number of hydrazine groups is 1. The fourth-order valence-corrected chi connectivity index (χ4v) is 8.74. The van der Waals surface area contributed by atoms with E-state index in [1.165, 1.54) is 27.6 Å². The Labute approximate surface area is 347 Å². The van der Waals surface area contributed by atoms with Gasteiger partial charge in [-0.2, -0.15) is 5.10 Å². The number of aldehydes is 3. The number of pyridine rings is 3. The summed E-state index contributed by atoms with van der Waals surface area (Å²) in [5.41, 5.74) is 5.92. The Morgan fingerprint density at radius 3 is 1.37 bits per heavy atom. The fourth-order valence-electron chi connectivity index (χ4n) is 5.22. The van der Waals surface area contributed by atoms with Crippen molar-refractivity contribution in [2.45, 2.75) is 26.3 Å². The van der Waals surface area contributed by atoms with E-state index in [1.54, 1.807) is 55.4 Å². The maximum Gasteiger partial charge on any atom is 0.150 e. The third-order valence-electron chi connectivity index (χ3n) is 7.87. The van der Waals surface area contributed by atoms with E-state index in [0.717, 1.165) is 44.1 Å². The van der Waals surface area contributed by atoms with Crippen molar-refractivity contribution in [2.75, 3.05) is 13.2 Å². The highest BCUT2D eigenvalue weighted by Crippen LogP contribution is 2.43. The molecule has 0 saturated carbocycles. The number of hydrogen-bond acceptors (Lipinski definition) is 11. The van der Waals surface area contributed by atoms with E-state index in [4.69, 9.17) is 4.74 Å². The molecular formula is C46H54N7O5P. The van der Waals surface area contributed by atoms with Gasteiger partial charge in [0.05, 0.1) is 6.04 Å². The number of hydrazone groups is 1. The second kappa shape index (κ2) is 32.5. The number of carbonyl (C=O) groups excluding carboxylic acids is 3. The fraction of sp³-hybridized carbons (Fsp3) is 0.130. The van der Waals surface area contributed by atoms with Crippen LogP contribution in [-0.4, -0.2) is 64.5 Å². The third-order valence-corrected chi connectivity index (χ3v) is 11.8. The molecule has 4 heterocycles. The molecule has 0 amide bonds. The first kappa shape index (κ1) is 50.5. The first-order valence-corrected chi connectivity index (χ1v) is 20.3. The Hall–Kier alpha value is -6.53. The minimum Gasteiger partial charge on any atom is -0.412 e. The first-order valence-electron chi connectivity index (χ1n) is 18.4. The van der Waals surface area contributed by atoms with Crippen molar-refractivity contribution in [3.05, 3.63) is 187 Å². The Kier molecular flexibility index (Phi) is 27.9. The molecule has 1 atom stereocenters. The SMILES string of the molecule is C1=NNC(c2ccncc2)C1.CCOCC.NN.O.O=C/C=C/c1ccncc1.O=CC=P(c1ccccc1)(c1ccccc1)c1ccccc1.O=Cc1ccncc1. The highest BCUT2D eigenvalue weighted by atomic mass is 31.2. The molecule has 0 fully saturated rings. The number of allylic oxidation sites excluding steroid dienone is 1. The lowest BCUT2D eigenvalue weighted by Crippen LogP contribution is -2.27. The number of ether oxygens (including phenoxy) is 1.